The molecule has 0 saturated carbocycles. The minimum absolute atomic E-state index is 0.0160. The summed E-state index contributed by atoms with van der Waals surface area (Å²) in [5, 5.41) is 0. The number of phosphoric ester groups is 1. The Balaban J connectivity index is 4.20. The maximum Gasteiger partial charge on any atom is 0.306 e. The standard InChI is InChI=1S/C52H94NO7P/c1-6-8-10-12-14-16-18-20-22-24-25-26-27-28-29-30-31-33-35-37-39-41-43-45-52(54)60-51(50-59-61(55,56)58-48-46-53(3,4)5)49-57-47-44-42-40-38-36-34-32-23-21-19-17-15-13-11-9-7-2/h9,11,15,17-18,20-21,23-25,34,36,51H,6-8,10,12-14,16,19,22,26-33,35,37-50H2,1-5H3/b11-9-,17-15-,20-18-,23-21-,25-24-,36-34-. The van der Waals surface area contributed by atoms with E-state index in [9.17, 15) is 14.3 Å². The van der Waals surface area contributed by atoms with Gasteiger partial charge in [-0.25, -0.2) is 0 Å². The Bertz CT molecular complexity index is 1200. The number of nitrogens with zero attached hydrogens (tertiary/aromatic N) is 1. The Morgan fingerprint density at radius 3 is 1.43 bits per heavy atom. The molecular weight excluding hydrogens is 782 g/mol. The van der Waals surface area contributed by atoms with Gasteiger partial charge in [0.05, 0.1) is 34.4 Å². The van der Waals surface area contributed by atoms with Gasteiger partial charge >= 0.3 is 5.97 Å². The van der Waals surface area contributed by atoms with Gasteiger partial charge in [0.1, 0.15) is 19.3 Å². The molecule has 354 valence electrons. The zero-order valence-electron chi connectivity index (χ0n) is 40.1. The largest absolute Gasteiger partial charge is 0.756 e. The summed E-state index contributed by atoms with van der Waals surface area (Å²) in [6.45, 7) is 5.20. The highest BCUT2D eigenvalue weighted by Gasteiger charge is 2.20. The number of ether oxygens (including phenoxy) is 2. The molecule has 9 heteroatoms. The lowest BCUT2D eigenvalue weighted by Gasteiger charge is -2.28. The molecule has 0 aromatic heterocycles. The summed E-state index contributed by atoms with van der Waals surface area (Å²) in [5.74, 6) is -0.349. The second-order valence-corrected chi connectivity index (χ2v) is 18.8. The van der Waals surface area contributed by atoms with Crippen LogP contribution in [0.25, 0.3) is 0 Å². The quantitative estimate of drug-likeness (QED) is 0.0198. The molecule has 0 aliphatic heterocycles. The Hall–Kier alpha value is -2.06. The van der Waals surface area contributed by atoms with Crippen molar-refractivity contribution in [2.24, 2.45) is 0 Å². The molecule has 2 unspecified atom stereocenters. The maximum absolute atomic E-state index is 12.7. The fourth-order valence-corrected chi connectivity index (χ4v) is 7.18. The number of quaternary nitrogens is 1. The molecule has 0 rings (SSSR count). The van der Waals surface area contributed by atoms with E-state index in [0.29, 0.717) is 24.1 Å². The van der Waals surface area contributed by atoms with Crippen molar-refractivity contribution in [3.63, 3.8) is 0 Å². The van der Waals surface area contributed by atoms with E-state index < -0.39 is 13.9 Å². The Labute approximate surface area is 376 Å². The summed E-state index contributed by atoms with van der Waals surface area (Å²) < 4.78 is 34.6. The van der Waals surface area contributed by atoms with Crippen LogP contribution < -0.4 is 4.89 Å². The van der Waals surface area contributed by atoms with Crippen LogP contribution in [0.4, 0.5) is 0 Å². The van der Waals surface area contributed by atoms with Crippen molar-refractivity contribution in [1.29, 1.82) is 0 Å². The van der Waals surface area contributed by atoms with Crippen molar-refractivity contribution >= 4 is 13.8 Å². The summed E-state index contributed by atoms with van der Waals surface area (Å²) in [6, 6.07) is 0. The lowest BCUT2D eigenvalue weighted by atomic mass is 10.0. The van der Waals surface area contributed by atoms with Crippen LogP contribution in [0.1, 0.15) is 194 Å². The van der Waals surface area contributed by atoms with Crippen LogP contribution in [0.2, 0.25) is 0 Å². The number of hydrogen-bond donors (Lipinski definition) is 0. The molecule has 0 aromatic carbocycles. The third-order valence-electron chi connectivity index (χ3n) is 10.2. The van der Waals surface area contributed by atoms with E-state index in [-0.39, 0.29) is 25.8 Å². The van der Waals surface area contributed by atoms with Gasteiger partial charge in [-0.2, -0.15) is 0 Å². The zero-order valence-corrected chi connectivity index (χ0v) is 41.0. The first kappa shape index (κ1) is 58.9. The van der Waals surface area contributed by atoms with Crippen molar-refractivity contribution in [2.75, 3.05) is 54.1 Å². The third kappa shape index (κ3) is 48.8. The molecule has 0 saturated heterocycles. The number of likely N-dealkylation sites (N-methyl/N-ethyl adjacent to an activating group) is 1. The van der Waals surface area contributed by atoms with Gasteiger partial charge in [0.15, 0.2) is 0 Å². The number of phosphoric acid groups is 1. The van der Waals surface area contributed by atoms with E-state index in [1.807, 2.05) is 21.1 Å². The van der Waals surface area contributed by atoms with Gasteiger partial charge in [-0.15, -0.1) is 0 Å². The van der Waals surface area contributed by atoms with Crippen LogP contribution in [-0.2, 0) is 27.9 Å². The second-order valence-electron chi connectivity index (χ2n) is 17.4. The predicted octanol–water partition coefficient (Wildman–Crippen LogP) is 14.4. The number of unbranched alkanes of at least 4 members (excludes halogenated alkanes) is 19. The molecule has 0 bridgehead atoms. The third-order valence-corrected chi connectivity index (χ3v) is 11.2. The normalized spacial score (nSPS) is 14.3. The van der Waals surface area contributed by atoms with Gasteiger partial charge in [0, 0.05) is 13.0 Å². The molecule has 0 N–H and O–H groups in total. The van der Waals surface area contributed by atoms with Crippen LogP contribution in [0.5, 0.6) is 0 Å². The summed E-state index contributed by atoms with van der Waals surface area (Å²) in [4.78, 5) is 25.1. The molecule has 0 spiro atoms. The van der Waals surface area contributed by atoms with Crippen LogP contribution in [0.3, 0.4) is 0 Å². The van der Waals surface area contributed by atoms with Crippen LogP contribution >= 0.6 is 7.82 Å². The Morgan fingerprint density at radius 2 is 0.951 bits per heavy atom. The average molecular weight is 876 g/mol. The molecule has 0 aliphatic carbocycles. The smallest absolute Gasteiger partial charge is 0.306 e. The molecule has 0 aliphatic rings. The maximum atomic E-state index is 12.7. The van der Waals surface area contributed by atoms with Crippen LogP contribution in [-0.4, -0.2) is 70.7 Å². The number of allylic oxidation sites excluding steroid dienone is 12. The number of hydrogen-bond acceptors (Lipinski definition) is 7. The van der Waals surface area contributed by atoms with Gasteiger partial charge in [-0.05, 0) is 83.5 Å². The molecule has 0 radical (unpaired) electrons. The van der Waals surface area contributed by atoms with Crippen LogP contribution in [0.15, 0.2) is 72.9 Å². The molecular formula is C52H94NO7P. The number of esters is 1. The first-order valence-corrected chi connectivity index (χ1v) is 26.1. The van der Waals surface area contributed by atoms with E-state index in [4.69, 9.17) is 18.5 Å². The summed E-state index contributed by atoms with van der Waals surface area (Å²) in [5.41, 5.74) is 0. The molecule has 8 nitrogen and oxygen atoms in total. The van der Waals surface area contributed by atoms with Crippen molar-refractivity contribution < 1.29 is 37.3 Å². The molecule has 0 heterocycles. The van der Waals surface area contributed by atoms with E-state index >= 15 is 0 Å². The first-order chi connectivity index (χ1) is 29.6. The fraction of sp³-hybridized carbons (Fsp3) is 0.750. The zero-order chi connectivity index (χ0) is 44.8. The monoisotopic (exact) mass is 876 g/mol. The highest BCUT2D eigenvalue weighted by molar-refractivity contribution is 7.45. The summed E-state index contributed by atoms with van der Waals surface area (Å²) >= 11 is 0. The summed E-state index contributed by atoms with van der Waals surface area (Å²) in [6.07, 6.45) is 57.8. The number of rotatable bonds is 45. The first-order valence-electron chi connectivity index (χ1n) is 24.7. The second kappa shape index (κ2) is 44.5. The van der Waals surface area contributed by atoms with Gasteiger partial charge in [0.25, 0.3) is 7.82 Å². The minimum Gasteiger partial charge on any atom is -0.756 e. The van der Waals surface area contributed by atoms with Crippen LogP contribution in [0, 0.1) is 0 Å². The van der Waals surface area contributed by atoms with Gasteiger partial charge < -0.3 is 27.9 Å². The number of carbonyl (C=O) groups excluding carboxylic acids is 1. The van der Waals surface area contributed by atoms with Gasteiger partial charge in [-0.1, -0.05) is 177 Å². The fourth-order valence-electron chi connectivity index (χ4n) is 6.45. The lowest BCUT2D eigenvalue weighted by molar-refractivity contribution is -0.870. The molecule has 0 amide bonds. The van der Waals surface area contributed by atoms with Crippen molar-refractivity contribution in [3.05, 3.63) is 72.9 Å². The molecule has 2 atom stereocenters. The Morgan fingerprint density at radius 1 is 0.525 bits per heavy atom. The van der Waals surface area contributed by atoms with E-state index in [1.165, 1.54) is 96.3 Å². The minimum atomic E-state index is -4.54. The molecule has 0 aromatic rings. The van der Waals surface area contributed by atoms with E-state index in [0.717, 1.165) is 77.0 Å². The van der Waals surface area contributed by atoms with E-state index in [1.54, 1.807) is 0 Å². The average Bonchev–Trinajstić information content (AvgIpc) is 3.22. The summed E-state index contributed by atoms with van der Waals surface area (Å²) in [7, 11) is 1.32. The van der Waals surface area contributed by atoms with Gasteiger partial charge in [-0.3, -0.25) is 9.36 Å². The Kier molecular flexibility index (Phi) is 43.0. The number of carbonyl (C=O) groups is 1. The topological polar surface area (TPSA) is 94.1 Å². The van der Waals surface area contributed by atoms with Crippen molar-refractivity contribution in [2.45, 2.75) is 200 Å². The molecule has 61 heavy (non-hydrogen) atoms. The highest BCUT2D eigenvalue weighted by Crippen LogP contribution is 2.38. The predicted molar refractivity (Wildman–Crippen MR) is 259 cm³/mol. The van der Waals surface area contributed by atoms with Crippen molar-refractivity contribution in [3.8, 4) is 0 Å². The SMILES string of the molecule is CC/C=C\C/C=C\C/C=C\C/C=C\CCCCCOCC(COP(=O)([O-])OCC[N+](C)(C)C)OC(=O)CCCCCCCCCCCCC/C=C\C/C=C\CCCCCCC. The molecule has 0 fully saturated rings. The van der Waals surface area contributed by atoms with Crippen molar-refractivity contribution in [1.82, 2.24) is 0 Å². The van der Waals surface area contributed by atoms with E-state index in [2.05, 4.69) is 86.8 Å². The highest BCUT2D eigenvalue weighted by atomic mass is 31.2. The van der Waals surface area contributed by atoms with Gasteiger partial charge in [0.2, 0.25) is 0 Å². The lowest BCUT2D eigenvalue weighted by Crippen LogP contribution is -2.37.